The van der Waals surface area contributed by atoms with Crippen LogP contribution in [0.1, 0.15) is 15.9 Å². The first kappa shape index (κ1) is 20.5. The van der Waals surface area contributed by atoms with Crippen LogP contribution >= 0.6 is 0 Å². The number of hydrogen-bond acceptors (Lipinski definition) is 4. The van der Waals surface area contributed by atoms with E-state index in [1.54, 1.807) is 24.3 Å². The Balaban J connectivity index is 1.91. The second-order valence-electron chi connectivity index (χ2n) is 6.17. The fourth-order valence-corrected chi connectivity index (χ4v) is 2.95. The highest BCUT2D eigenvalue weighted by Gasteiger charge is 2.53. The monoisotopic (exact) mass is 388 g/mol. The van der Waals surface area contributed by atoms with E-state index in [2.05, 4.69) is 10.1 Å². The van der Waals surface area contributed by atoms with E-state index in [-0.39, 0.29) is 6.54 Å². The summed E-state index contributed by atoms with van der Waals surface area (Å²) in [5.41, 5.74) is 1.08. The minimum absolute atomic E-state index is 0.119. The van der Waals surface area contributed by atoms with Crippen molar-refractivity contribution in [2.75, 3.05) is 26.7 Å². The lowest BCUT2D eigenvalue weighted by Crippen LogP contribution is -2.40. The van der Waals surface area contributed by atoms with Gasteiger partial charge in [0.1, 0.15) is 0 Å². The SMILES string of the molecule is COC(=O)c1cccc(CCNC(=O)N2C[C@@H](C(F)(F)F)[C@H](C(=O)O)C2)c1. The Hall–Kier alpha value is -2.78. The first-order valence-electron chi connectivity index (χ1n) is 8.13. The highest BCUT2D eigenvalue weighted by Crippen LogP contribution is 2.37. The van der Waals surface area contributed by atoms with E-state index in [1.807, 2.05) is 0 Å². The molecule has 1 aliphatic rings. The Labute approximate surface area is 153 Å². The van der Waals surface area contributed by atoms with E-state index >= 15 is 0 Å². The molecule has 0 unspecified atom stereocenters. The zero-order valence-corrected chi connectivity index (χ0v) is 14.5. The van der Waals surface area contributed by atoms with Gasteiger partial charge in [-0.15, -0.1) is 0 Å². The van der Waals surface area contributed by atoms with Crippen molar-refractivity contribution in [2.45, 2.75) is 12.6 Å². The van der Waals surface area contributed by atoms with Crippen molar-refractivity contribution in [2.24, 2.45) is 11.8 Å². The van der Waals surface area contributed by atoms with Crippen molar-refractivity contribution in [1.29, 1.82) is 0 Å². The summed E-state index contributed by atoms with van der Waals surface area (Å²) < 4.78 is 43.5. The number of nitrogens with zero attached hydrogens (tertiary/aromatic N) is 1. The number of benzene rings is 1. The van der Waals surface area contributed by atoms with Gasteiger partial charge >= 0.3 is 24.1 Å². The summed E-state index contributed by atoms with van der Waals surface area (Å²) in [4.78, 5) is 35.5. The molecule has 10 heteroatoms. The molecular weight excluding hydrogens is 369 g/mol. The zero-order valence-electron chi connectivity index (χ0n) is 14.5. The minimum Gasteiger partial charge on any atom is -0.481 e. The lowest BCUT2D eigenvalue weighted by molar-refractivity contribution is -0.187. The number of hydrogen-bond donors (Lipinski definition) is 2. The van der Waals surface area contributed by atoms with Crippen LogP contribution in [-0.4, -0.2) is 60.9 Å². The summed E-state index contributed by atoms with van der Waals surface area (Å²) in [5, 5.41) is 11.4. The molecule has 0 spiro atoms. The summed E-state index contributed by atoms with van der Waals surface area (Å²) in [7, 11) is 1.25. The summed E-state index contributed by atoms with van der Waals surface area (Å²) in [5.74, 6) is -5.84. The molecule has 0 aromatic heterocycles. The van der Waals surface area contributed by atoms with Crippen LogP contribution in [0.5, 0.6) is 0 Å². The maximum absolute atomic E-state index is 13.0. The molecule has 27 heavy (non-hydrogen) atoms. The van der Waals surface area contributed by atoms with Crippen molar-refractivity contribution in [1.82, 2.24) is 10.2 Å². The predicted octanol–water partition coefficient (Wildman–Crippen LogP) is 1.92. The van der Waals surface area contributed by atoms with Gasteiger partial charge in [-0.3, -0.25) is 4.79 Å². The normalized spacial score (nSPS) is 19.6. The summed E-state index contributed by atoms with van der Waals surface area (Å²) >= 11 is 0. The molecule has 2 rings (SSSR count). The van der Waals surface area contributed by atoms with Crippen molar-refractivity contribution in [3.63, 3.8) is 0 Å². The number of ether oxygens (including phenoxy) is 1. The Morgan fingerprint density at radius 1 is 1.30 bits per heavy atom. The minimum atomic E-state index is -4.69. The number of likely N-dealkylation sites (tertiary alicyclic amines) is 1. The fraction of sp³-hybridized carbons (Fsp3) is 0.471. The van der Waals surface area contributed by atoms with Gasteiger partial charge in [0.15, 0.2) is 0 Å². The van der Waals surface area contributed by atoms with Crippen molar-refractivity contribution in [3.05, 3.63) is 35.4 Å². The number of halogens is 3. The topological polar surface area (TPSA) is 95.9 Å². The lowest BCUT2D eigenvalue weighted by Gasteiger charge is -2.18. The highest BCUT2D eigenvalue weighted by molar-refractivity contribution is 5.89. The highest BCUT2D eigenvalue weighted by atomic mass is 19.4. The van der Waals surface area contributed by atoms with E-state index < -0.39 is 49.1 Å². The molecule has 148 valence electrons. The van der Waals surface area contributed by atoms with Gasteiger partial charge < -0.3 is 20.1 Å². The van der Waals surface area contributed by atoms with Gasteiger partial charge in [-0.05, 0) is 24.1 Å². The van der Waals surface area contributed by atoms with E-state index in [9.17, 15) is 27.6 Å². The molecule has 2 atom stereocenters. The number of urea groups is 1. The zero-order chi connectivity index (χ0) is 20.2. The number of carbonyl (C=O) groups is 3. The Morgan fingerprint density at radius 2 is 2.00 bits per heavy atom. The Bertz CT molecular complexity index is 723. The molecule has 1 aromatic carbocycles. The third-order valence-electron chi connectivity index (χ3n) is 4.38. The van der Waals surface area contributed by atoms with E-state index in [0.29, 0.717) is 12.0 Å². The van der Waals surface area contributed by atoms with Gasteiger partial charge in [-0.2, -0.15) is 13.2 Å². The van der Waals surface area contributed by atoms with Crippen LogP contribution in [0.2, 0.25) is 0 Å². The molecule has 1 fully saturated rings. The molecule has 0 aliphatic carbocycles. The van der Waals surface area contributed by atoms with E-state index in [1.165, 1.54) is 7.11 Å². The predicted molar refractivity (Wildman–Crippen MR) is 87.1 cm³/mol. The van der Waals surface area contributed by atoms with Crippen LogP contribution in [0.4, 0.5) is 18.0 Å². The van der Waals surface area contributed by atoms with Crippen LogP contribution in [0.15, 0.2) is 24.3 Å². The fourth-order valence-electron chi connectivity index (χ4n) is 2.95. The molecule has 1 heterocycles. The van der Waals surface area contributed by atoms with Crippen LogP contribution < -0.4 is 5.32 Å². The molecule has 0 saturated carbocycles. The van der Waals surface area contributed by atoms with E-state index in [0.717, 1.165) is 10.5 Å². The first-order valence-corrected chi connectivity index (χ1v) is 8.13. The lowest BCUT2D eigenvalue weighted by atomic mass is 9.96. The van der Waals surface area contributed by atoms with E-state index in [4.69, 9.17) is 5.11 Å². The summed E-state index contributed by atoms with van der Waals surface area (Å²) in [6, 6.07) is 5.79. The van der Waals surface area contributed by atoms with Crippen molar-refractivity contribution >= 4 is 18.0 Å². The number of carbonyl (C=O) groups excluding carboxylic acids is 2. The number of rotatable bonds is 5. The Morgan fingerprint density at radius 3 is 2.56 bits per heavy atom. The third kappa shape index (κ3) is 5.11. The molecule has 7 nitrogen and oxygen atoms in total. The van der Waals surface area contributed by atoms with Crippen LogP contribution in [0, 0.1) is 11.8 Å². The third-order valence-corrected chi connectivity index (χ3v) is 4.38. The summed E-state index contributed by atoms with van der Waals surface area (Å²) in [6.07, 6.45) is -4.35. The first-order chi connectivity index (χ1) is 12.6. The standard InChI is InChI=1S/C17H19F3N2O5/c1-27-15(25)11-4-2-3-10(7-11)5-6-21-16(26)22-8-12(14(23)24)13(9-22)17(18,19)20/h2-4,7,12-13H,5-6,8-9H2,1H3,(H,21,26)(H,23,24)/t12-,13-/m1/s1. The second kappa shape index (κ2) is 8.28. The van der Waals surface area contributed by atoms with Gasteiger partial charge in [-0.25, -0.2) is 9.59 Å². The van der Waals surface area contributed by atoms with Crippen LogP contribution in [0.25, 0.3) is 0 Å². The maximum Gasteiger partial charge on any atom is 0.394 e. The van der Waals surface area contributed by atoms with Gasteiger partial charge in [0.25, 0.3) is 0 Å². The second-order valence-corrected chi connectivity index (χ2v) is 6.17. The molecule has 0 bridgehead atoms. The average molecular weight is 388 g/mol. The molecule has 1 aliphatic heterocycles. The molecule has 0 radical (unpaired) electrons. The molecule has 1 aromatic rings. The number of esters is 1. The van der Waals surface area contributed by atoms with Gasteiger partial charge in [0.05, 0.1) is 24.5 Å². The number of aliphatic carboxylic acids is 1. The molecule has 2 amide bonds. The number of nitrogens with one attached hydrogen (secondary N) is 1. The quantitative estimate of drug-likeness (QED) is 0.752. The number of carboxylic acids is 1. The van der Waals surface area contributed by atoms with Crippen molar-refractivity contribution in [3.8, 4) is 0 Å². The number of carboxylic acid groups (broad SMARTS) is 1. The van der Waals surface area contributed by atoms with Crippen LogP contribution in [0.3, 0.4) is 0 Å². The average Bonchev–Trinajstić information content (AvgIpc) is 3.07. The van der Waals surface area contributed by atoms with Gasteiger partial charge in [-0.1, -0.05) is 12.1 Å². The summed E-state index contributed by atoms with van der Waals surface area (Å²) in [6.45, 7) is -1.07. The number of alkyl halides is 3. The molecule has 1 saturated heterocycles. The van der Waals surface area contributed by atoms with Crippen molar-refractivity contribution < 1.29 is 37.4 Å². The molecule has 2 N–H and O–H groups in total. The number of amides is 2. The van der Waals surface area contributed by atoms with Gasteiger partial charge in [0, 0.05) is 19.6 Å². The molecular formula is C17H19F3N2O5. The van der Waals surface area contributed by atoms with Crippen LogP contribution in [-0.2, 0) is 16.0 Å². The Kier molecular flexibility index (Phi) is 6.29. The smallest absolute Gasteiger partial charge is 0.394 e. The number of methoxy groups -OCH3 is 1. The largest absolute Gasteiger partial charge is 0.481 e. The van der Waals surface area contributed by atoms with Gasteiger partial charge in [0.2, 0.25) is 0 Å². The maximum atomic E-state index is 13.0.